The van der Waals surface area contributed by atoms with Crippen LogP contribution in [0.1, 0.15) is 11.1 Å². The summed E-state index contributed by atoms with van der Waals surface area (Å²) in [5.41, 5.74) is 3.21. The Balaban J connectivity index is 1.82. The van der Waals surface area contributed by atoms with E-state index < -0.39 is 0 Å². The Morgan fingerprint density at radius 1 is 0.579 bits per heavy atom. The van der Waals surface area contributed by atoms with E-state index in [2.05, 4.69) is 28.5 Å². The molecule has 90 valence electrons. The predicted octanol–water partition coefficient (Wildman–Crippen LogP) is 3.88. The van der Waals surface area contributed by atoms with Crippen LogP contribution in [0.2, 0.25) is 0 Å². The summed E-state index contributed by atoms with van der Waals surface area (Å²) in [6.45, 7) is 0. The first kappa shape index (κ1) is 11.4. The van der Waals surface area contributed by atoms with Crippen LogP contribution < -0.4 is 0 Å². The van der Waals surface area contributed by atoms with Gasteiger partial charge in [-0.1, -0.05) is 30.0 Å². The van der Waals surface area contributed by atoms with Crippen LogP contribution in [0.5, 0.6) is 0 Å². The summed E-state index contributed by atoms with van der Waals surface area (Å²) in [4.78, 5) is 0. The normalized spacial score (nSPS) is 9.68. The Hall–Kier alpha value is -2.72. The minimum absolute atomic E-state index is 1.03. The third-order valence-corrected chi connectivity index (χ3v) is 2.89. The molecule has 0 saturated heterocycles. The van der Waals surface area contributed by atoms with Gasteiger partial charge in [-0.15, -0.1) is 0 Å². The lowest BCUT2D eigenvalue weighted by molar-refractivity contribution is 1.08. The van der Waals surface area contributed by atoms with Gasteiger partial charge in [0.1, 0.15) is 0 Å². The van der Waals surface area contributed by atoms with Gasteiger partial charge in [-0.3, -0.25) is 0 Å². The third-order valence-electron chi connectivity index (χ3n) is 2.89. The van der Waals surface area contributed by atoms with E-state index in [1.807, 2.05) is 67.0 Å². The highest BCUT2D eigenvalue weighted by Gasteiger charge is 1.93. The van der Waals surface area contributed by atoms with Crippen molar-refractivity contribution in [2.75, 3.05) is 0 Å². The fourth-order valence-corrected chi connectivity index (χ4v) is 1.89. The van der Waals surface area contributed by atoms with Crippen LogP contribution >= 0.6 is 0 Å². The maximum Gasteiger partial charge on any atom is 0.0450 e. The van der Waals surface area contributed by atoms with E-state index in [-0.39, 0.29) is 0 Å². The number of benzene rings is 2. The minimum atomic E-state index is 1.03. The number of hydrogen-bond donors (Lipinski definition) is 0. The van der Waals surface area contributed by atoms with Gasteiger partial charge in [-0.25, -0.2) is 0 Å². The summed E-state index contributed by atoms with van der Waals surface area (Å²) in [6.07, 6.45) is 4.06. The van der Waals surface area contributed by atoms with E-state index in [1.54, 1.807) is 0 Å². The zero-order valence-corrected chi connectivity index (χ0v) is 10.5. The summed E-state index contributed by atoms with van der Waals surface area (Å²) in [6, 6.07) is 22.3. The topological polar surface area (TPSA) is 4.93 Å². The Kier molecular flexibility index (Phi) is 3.16. The van der Waals surface area contributed by atoms with E-state index in [0.29, 0.717) is 0 Å². The fraction of sp³-hybridized carbons (Fsp3) is 0. The quantitative estimate of drug-likeness (QED) is 0.572. The molecular formula is C18H13N. The number of nitrogens with zero attached hydrogens (tertiary/aromatic N) is 1. The average Bonchev–Trinajstić information content (AvgIpc) is 3.01. The van der Waals surface area contributed by atoms with E-state index >= 15 is 0 Å². The Bertz CT molecular complexity index is 696. The van der Waals surface area contributed by atoms with Gasteiger partial charge in [0, 0.05) is 29.2 Å². The molecule has 0 N–H and O–H groups in total. The molecule has 0 unspecified atom stereocenters. The van der Waals surface area contributed by atoms with Crippen molar-refractivity contribution in [2.24, 2.45) is 0 Å². The molecule has 0 aliphatic heterocycles. The SMILES string of the molecule is C(#Cc1ccc(-n2cccc2)cc1)c1ccccc1. The second kappa shape index (κ2) is 5.29. The monoisotopic (exact) mass is 243 g/mol. The van der Waals surface area contributed by atoms with Crippen LogP contribution in [0.3, 0.4) is 0 Å². The summed E-state index contributed by atoms with van der Waals surface area (Å²) in [5, 5.41) is 0. The van der Waals surface area contributed by atoms with Crippen LogP contribution in [0, 0.1) is 11.8 Å². The fourth-order valence-electron chi connectivity index (χ4n) is 1.89. The van der Waals surface area contributed by atoms with E-state index in [0.717, 1.165) is 16.8 Å². The summed E-state index contributed by atoms with van der Waals surface area (Å²) in [5.74, 6) is 6.33. The predicted molar refractivity (Wildman–Crippen MR) is 78.2 cm³/mol. The maximum atomic E-state index is 3.17. The standard InChI is InChI=1S/C18H13N/c1-2-6-16(7-3-1)8-9-17-10-12-18(13-11-17)19-14-4-5-15-19/h1-7,10-15H. The molecule has 0 bridgehead atoms. The van der Waals surface area contributed by atoms with Crippen LogP contribution in [0.25, 0.3) is 5.69 Å². The van der Waals surface area contributed by atoms with Crippen LogP contribution in [0.15, 0.2) is 79.1 Å². The van der Waals surface area contributed by atoms with Crippen LogP contribution in [-0.2, 0) is 0 Å². The molecule has 19 heavy (non-hydrogen) atoms. The molecule has 0 saturated carbocycles. The molecule has 3 rings (SSSR count). The van der Waals surface area contributed by atoms with Gasteiger partial charge >= 0.3 is 0 Å². The molecule has 0 atom stereocenters. The number of hydrogen-bond acceptors (Lipinski definition) is 0. The zero-order valence-electron chi connectivity index (χ0n) is 10.5. The molecule has 1 heteroatoms. The lowest BCUT2D eigenvalue weighted by Crippen LogP contribution is -1.88. The van der Waals surface area contributed by atoms with Gasteiger partial charge in [-0.2, -0.15) is 0 Å². The average molecular weight is 243 g/mol. The van der Waals surface area contributed by atoms with Crippen molar-refractivity contribution in [3.8, 4) is 17.5 Å². The lowest BCUT2D eigenvalue weighted by atomic mass is 10.1. The van der Waals surface area contributed by atoms with Crippen molar-refractivity contribution >= 4 is 0 Å². The van der Waals surface area contributed by atoms with E-state index in [1.165, 1.54) is 0 Å². The summed E-state index contributed by atoms with van der Waals surface area (Å²) < 4.78 is 2.08. The van der Waals surface area contributed by atoms with E-state index in [9.17, 15) is 0 Å². The first-order chi connectivity index (χ1) is 9.42. The Morgan fingerprint density at radius 2 is 1.16 bits per heavy atom. The van der Waals surface area contributed by atoms with Gasteiger partial charge < -0.3 is 4.57 Å². The highest BCUT2D eigenvalue weighted by molar-refractivity contribution is 5.45. The molecular weight excluding hydrogens is 230 g/mol. The molecule has 1 nitrogen and oxygen atoms in total. The largest absolute Gasteiger partial charge is 0.324 e. The number of aromatic nitrogens is 1. The molecule has 1 heterocycles. The third kappa shape index (κ3) is 2.75. The van der Waals surface area contributed by atoms with Crippen molar-refractivity contribution in [3.05, 3.63) is 90.3 Å². The highest BCUT2D eigenvalue weighted by Crippen LogP contribution is 2.09. The van der Waals surface area contributed by atoms with Gasteiger partial charge in [0.15, 0.2) is 0 Å². The first-order valence-corrected chi connectivity index (χ1v) is 6.22. The molecule has 0 aliphatic carbocycles. The van der Waals surface area contributed by atoms with Gasteiger partial charge in [-0.05, 0) is 48.5 Å². The first-order valence-electron chi connectivity index (χ1n) is 6.22. The van der Waals surface area contributed by atoms with E-state index in [4.69, 9.17) is 0 Å². The number of rotatable bonds is 1. The second-order valence-corrected chi connectivity index (χ2v) is 4.25. The summed E-state index contributed by atoms with van der Waals surface area (Å²) >= 11 is 0. The second-order valence-electron chi connectivity index (χ2n) is 4.25. The molecule has 0 amide bonds. The van der Waals surface area contributed by atoms with Crippen molar-refractivity contribution in [2.45, 2.75) is 0 Å². The van der Waals surface area contributed by atoms with Crippen molar-refractivity contribution in [1.29, 1.82) is 0 Å². The molecule has 1 aromatic heterocycles. The Morgan fingerprint density at radius 3 is 1.79 bits per heavy atom. The zero-order chi connectivity index (χ0) is 12.9. The van der Waals surface area contributed by atoms with Crippen molar-refractivity contribution < 1.29 is 0 Å². The molecule has 3 aromatic rings. The molecule has 0 radical (unpaired) electrons. The summed E-state index contributed by atoms with van der Waals surface area (Å²) in [7, 11) is 0. The Labute approximate surface area is 113 Å². The van der Waals surface area contributed by atoms with Crippen molar-refractivity contribution in [3.63, 3.8) is 0 Å². The smallest absolute Gasteiger partial charge is 0.0450 e. The van der Waals surface area contributed by atoms with Crippen LogP contribution in [-0.4, -0.2) is 4.57 Å². The van der Waals surface area contributed by atoms with Gasteiger partial charge in [0.25, 0.3) is 0 Å². The van der Waals surface area contributed by atoms with Crippen LogP contribution in [0.4, 0.5) is 0 Å². The lowest BCUT2D eigenvalue weighted by Gasteiger charge is -2.01. The molecule has 0 fully saturated rings. The minimum Gasteiger partial charge on any atom is -0.324 e. The molecule has 0 aliphatic rings. The highest BCUT2D eigenvalue weighted by atomic mass is 14.9. The van der Waals surface area contributed by atoms with Gasteiger partial charge in [0.05, 0.1) is 0 Å². The van der Waals surface area contributed by atoms with Gasteiger partial charge in [0.2, 0.25) is 0 Å². The maximum absolute atomic E-state index is 3.17. The molecule has 0 spiro atoms. The molecule has 2 aromatic carbocycles. The van der Waals surface area contributed by atoms with Crippen molar-refractivity contribution in [1.82, 2.24) is 4.57 Å².